The van der Waals surface area contributed by atoms with E-state index in [4.69, 9.17) is 4.74 Å². The van der Waals surface area contributed by atoms with Gasteiger partial charge in [0.05, 0.1) is 12.8 Å². The van der Waals surface area contributed by atoms with Crippen molar-refractivity contribution in [2.75, 3.05) is 27.2 Å². The Labute approximate surface area is 150 Å². The summed E-state index contributed by atoms with van der Waals surface area (Å²) in [5.74, 6) is 0.988. The number of ether oxygens (including phenoxy) is 1. The Morgan fingerprint density at radius 1 is 1.24 bits per heavy atom. The van der Waals surface area contributed by atoms with Crippen molar-refractivity contribution in [3.05, 3.63) is 53.6 Å². The van der Waals surface area contributed by atoms with E-state index in [1.807, 2.05) is 6.07 Å². The van der Waals surface area contributed by atoms with E-state index in [1.165, 1.54) is 37.1 Å². The molecule has 5 heteroatoms. The Morgan fingerprint density at radius 3 is 2.72 bits per heavy atom. The molecule has 1 saturated heterocycles. The fourth-order valence-electron chi connectivity index (χ4n) is 3.43. The third-order valence-electron chi connectivity index (χ3n) is 5.06. The quantitative estimate of drug-likeness (QED) is 0.774. The van der Waals surface area contributed by atoms with Crippen LogP contribution in [0.4, 0.5) is 0 Å². The van der Waals surface area contributed by atoms with E-state index in [2.05, 4.69) is 51.9 Å². The van der Waals surface area contributed by atoms with Gasteiger partial charge >= 0.3 is 0 Å². The minimum Gasteiger partial charge on any atom is -0.496 e. The van der Waals surface area contributed by atoms with Crippen LogP contribution >= 0.6 is 0 Å². The molecule has 5 nitrogen and oxygen atoms in total. The first-order valence-corrected chi connectivity index (χ1v) is 9.01. The van der Waals surface area contributed by atoms with Gasteiger partial charge in [0.2, 0.25) is 0 Å². The minimum absolute atomic E-state index is 0.243. The van der Waals surface area contributed by atoms with Crippen molar-refractivity contribution in [3.8, 4) is 5.75 Å². The van der Waals surface area contributed by atoms with Crippen molar-refractivity contribution >= 4 is 0 Å². The van der Waals surface area contributed by atoms with Gasteiger partial charge in [-0.15, -0.1) is 0 Å². The molecule has 1 fully saturated rings. The summed E-state index contributed by atoms with van der Waals surface area (Å²) in [5, 5.41) is 0. The molecule has 0 saturated carbocycles. The van der Waals surface area contributed by atoms with Crippen molar-refractivity contribution in [1.29, 1.82) is 0 Å². The molecule has 2 heterocycles. The molecule has 0 amide bonds. The zero-order valence-corrected chi connectivity index (χ0v) is 15.5. The van der Waals surface area contributed by atoms with Crippen molar-refractivity contribution in [2.24, 2.45) is 0 Å². The van der Waals surface area contributed by atoms with Gasteiger partial charge in [0.25, 0.3) is 0 Å². The maximum absolute atomic E-state index is 5.58. The Morgan fingerprint density at radius 2 is 2.04 bits per heavy atom. The molecule has 0 unspecified atom stereocenters. The second kappa shape index (κ2) is 8.41. The second-order valence-corrected chi connectivity index (χ2v) is 6.85. The van der Waals surface area contributed by atoms with Crippen molar-refractivity contribution in [1.82, 2.24) is 19.8 Å². The van der Waals surface area contributed by atoms with E-state index >= 15 is 0 Å². The predicted molar refractivity (Wildman–Crippen MR) is 99.4 cm³/mol. The Bertz CT molecular complexity index is 671. The summed E-state index contributed by atoms with van der Waals surface area (Å²) in [6, 6.07) is 8.78. The molecule has 1 aromatic carbocycles. The SMILES string of the molecule is COc1ccc(CN(C)[C@H](C)c2ccncn2)cc1CN1CCCC1. The number of methoxy groups -OCH3 is 1. The van der Waals surface area contributed by atoms with Crippen LogP contribution in [0.5, 0.6) is 5.75 Å². The lowest BCUT2D eigenvalue weighted by Gasteiger charge is -2.25. The Kier molecular flexibility index (Phi) is 6.00. The number of hydrogen-bond acceptors (Lipinski definition) is 5. The van der Waals surface area contributed by atoms with E-state index in [1.54, 1.807) is 19.6 Å². The fraction of sp³-hybridized carbons (Fsp3) is 0.500. The van der Waals surface area contributed by atoms with E-state index in [-0.39, 0.29) is 6.04 Å². The molecule has 1 aliphatic heterocycles. The molecule has 1 aromatic heterocycles. The largest absolute Gasteiger partial charge is 0.496 e. The molecule has 0 aliphatic carbocycles. The van der Waals surface area contributed by atoms with Crippen LogP contribution in [0.3, 0.4) is 0 Å². The Balaban J connectivity index is 1.71. The van der Waals surface area contributed by atoms with Crippen molar-refractivity contribution < 1.29 is 4.74 Å². The maximum atomic E-state index is 5.58. The number of likely N-dealkylation sites (tertiary alicyclic amines) is 1. The molecule has 1 aliphatic rings. The summed E-state index contributed by atoms with van der Waals surface area (Å²) in [7, 11) is 3.89. The summed E-state index contributed by atoms with van der Waals surface area (Å²) >= 11 is 0. The van der Waals surface area contributed by atoms with Crippen LogP contribution in [0.25, 0.3) is 0 Å². The van der Waals surface area contributed by atoms with E-state index in [9.17, 15) is 0 Å². The summed E-state index contributed by atoms with van der Waals surface area (Å²) in [6.45, 7) is 6.41. The first-order chi connectivity index (χ1) is 12.2. The van der Waals surface area contributed by atoms with Gasteiger partial charge in [0, 0.05) is 30.9 Å². The van der Waals surface area contributed by atoms with E-state index in [0.29, 0.717) is 0 Å². The third kappa shape index (κ3) is 4.55. The number of nitrogens with zero attached hydrogens (tertiary/aromatic N) is 4. The van der Waals surface area contributed by atoms with Gasteiger partial charge in [-0.3, -0.25) is 9.80 Å². The van der Waals surface area contributed by atoms with Crippen LogP contribution < -0.4 is 4.74 Å². The second-order valence-electron chi connectivity index (χ2n) is 6.85. The van der Waals surface area contributed by atoms with E-state index in [0.717, 1.165) is 24.5 Å². The highest BCUT2D eigenvalue weighted by Gasteiger charge is 2.17. The first kappa shape index (κ1) is 17.8. The normalized spacial score (nSPS) is 16.3. The smallest absolute Gasteiger partial charge is 0.123 e. The number of rotatable bonds is 7. The maximum Gasteiger partial charge on any atom is 0.123 e. The van der Waals surface area contributed by atoms with Gasteiger partial charge in [0.1, 0.15) is 12.1 Å². The average Bonchev–Trinajstić information content (AvgIpc) is 3.15. The monoisotopic (exact) mass is 340 g/mol. The first-order valence-electron chi connectivity index (χ1n) is 9.01. The molecule has 3 rings (SSSR count). The summed E-state index contributed by atoms with van der Waals surface area (Å²) in [4.78, 5) is 13.2. The zero-order chi connectivity index (χ0) is 17.6. The molecule has 2 aromatic rings. The lowest BCUT2D eigenvalue weighted by atomic mass is 10.1. The van der Waals surface area contributed by atoms with Crippen LogP contribution in [0.1, 0.15) is 42.6 Å². The standard InChI is InChI=1S/C20H28N4O/c1-16(19-8-9-21-15-22-19)23(2)13-17-6-7-20(25-3)18(12-17)14-24-10-4-5-11-24/h6-9,12,15-16H,4-5,10-11,13-14H2,1-3H3/t16-/m1/s1. The van der Waals surface area contributed by atoms with Crippen LogP contribution in [0.15, 0.2) is 36.8 Å². The lowest BCUT2D eigenvalue weighted by molar-refractivity contribution is 0.248. The van der Waals surface area contributed by atoms with Gasteiger partial charge < -0.3 is 4.74 Å². The molecule has 25 heavy (non-hydrogen) atoms. The molecule has 0 N–H and O–H groups in total. The predicted octanol–water partition coefficient (Wildman–Crippen LogP) is 3.27. The number of aromatic nitrogens is 2. The van der Waals surface area contributed by atoms with Crippen LogP contribution in [-0.4, -0.2) is 47.0 Å². The van der Waals surface area contributed by atoms with Gasteiger partial charge in [-0.1, -0.05) is 6.07 Å². The van der Waals surface area contributed by atoms with Crippen LogP contribution in [-0.2, 0) is 13.1 Å². The van der Waals surface area contributed by atoms with Gasteiger partial charge in [-0.25, -0.2) is 9.97 Å². The average molecular weight is 340 g/mol. The summed E-state index contributed by atoms with van der Waals surface area (Å²) < 4.78 is 5.58. The topological polar surface area (TPSA) is 41.5 Å². The molecule has 1 atom stereocenters. The summed E-state index contributed by atoms with van der Waals surface area (Å²) in [5.41, 5.74) is 3.63. The highest BCUT2D eigenvalue weighted by molar-refractivity contribution is 5.37. The van der Waals surface area contributed by atoms with Gasteiger partial charge in [-0.05, 0) is 63.7 Å². The van der Waals surface area contributed by atoms with Gasteiger partial charge in [-0.2, -0.15) is 0 Å². The number of benzene rings is 1. The molecule has 134 valence electrons. The highest BCUT2D eigenvalue weighted by Crippen LogP contribution is 2.25. The van der Waals surface area contributed by atoms with E-state index < -0.39 is 0 Å². The van der Waals surface area contributed by atoms with Gasteiger partial charge in [0.15, 0.2) is 0 Å². The molecule has 0 radical (unpaired) electrons. The zero-order valence-electron chi connectivity index (χ0n) is 15.5. The molecular formula is C20H28N4O. The minimum atomic E-state index is 0.243. The fourth-order valence-corrected chi connectivity index (χ4v) is 3.43. The van der Waals surface area contributed by atoms with Crippen LogP contribution in [0.2, 0.25) is 0 Å². The molecule has 0 spiro atoms. The number of hydrogen-bond donors (Lipinski definition) is 0. The third-order valence-corrected chi connectivity index (χ3v) is 5.06. The molecule has 0 bridgehead atoms. The van der Waals surface area contributed by atoms with Crippen molar-refractivity contribution in [3.63, 3.8) is 0 Å². The summed E-state index contributed by atoms with van der Waals surface area (Å²) in [6.07, 6.45) is 6.03. The van der Waals surface area contributed by atoms with Crippen LogP contribution in [0, 0.1) is 0 Å². The lowest BCUT2D eigenvalue weighted by Crippen LogP contribution is -2.23. The molecular weight excluding hydrogens is 312 g/mol. The van der Waals surface area contributed by atoms with Crippen molar-refractivity contribution in [2.45, 2.75) is 38.9 Å². The Hall–Kier alpha value is -1.98. The highest BCUT2D eigenvalue weighted by atomic mass is 16.5.